The van der Waals surface area contributed by atoms with Gasteiger partial charge in [-0.1, -0.05) is 23.9 Å². The lowest BCUT2D eigenvalue weighted by Crippen LogP contribution is -2.24. The molecule has 2 aromatic heterocycles. The first-order valence-electron chi connectivity index (χ1n) is 7.49. The number of hydrogen-bond acceptors (Lipinski definition) is 6. The summed E-state index contributed by atoms with van der Waals surface area (Å²) in [5.41, 5.74) is 0.445. The average Bonchev–Trinajstić information content (AvgIpc) is 3.05. The quantitative estimate of drug-likeness (QED) is 0.663. The molecule has 2 heterocycles. The molecule has 0 unspecified atom stereocenters. The van der Waals surface area contributed by atoms with Crippen molar-refractivity contribution in [3.05, 3.63) is 46.8 Å². The third-order valence-electron chi connectivity index (χ3n) is 3.60. The third kappa shape index (κ3) is 3.03. The van der Waals surface area contributed by atoms with Crippen LogP contribution in [0.1, 0.15) is 25.7 Å². The van der Waals surface area contributed by atoms with E-state index in [1.807, 2.05) is 30.6 Å². The maximum Gasteiger partial charge on any atom is 0.262 e. The number of nitriles is 1. The smallest absolute Gasteiger partial charge is 0.262 e. The maximum absolute atomic E-state index is 12.6. The van der Waals surface area contributed by atoms with Gasteiger partial charge in [-0.05, 0) is 26.0 Å². The van der Waals surface area contributed by atoms with E-state index in [2.05, 4.69) is 15.2 Å². The van der Waals surface area contributed by atoms with Crippen molar-refractivity contribution in [3.63, 3.8) is 0 Å². The molecule has 7 nitrogen and oxygen atoms in total. The Labute approximate surface area is 143 Å². The van der Waals surface area contributed by atoms with Gasteiger partial charge in [0.1, 0.15) is 18.7 Å². The van der Waals surface area contributed by atoms with Gasteiger partial charge in [-0.2, -0.15) is 5.26 Å². The number of rotatable bonds is 5. The van der Waals surface area contributed by atoms with E-state index in [1.165, 1.54) is 16.3 Å². The van der Waals surface area contributed by atoms with Gasteiger partial charge >= 0.3 is 0 Å². The zero-order valence-electron chi connectivity index (χ0n) is 13.4. The Morgan fingerprint density at radius 1 is 1.33 bits per heavy atom. The largest absolute Gasteiger partial charge is 0.306 e. The van der Waals surface area contributed by atoms with Crippen LogP contribution >= 0.6 is 11.8 Å². The molecule has 0 spiro atoms. The van der Waals surface area contributed by atoms with Crippen LogP contribution < -0.4 is 5.56 Å². The molecular weight excluding hydrogens is 324 g/mol. The van der Waals surface area contributed by atoms with Gasteiger partial charge in [-0.3, -0.25) is 9.36 Å². The molecule has 0 atom stereocenters. The van der Waals surface area contributed by atoms with Gasteiger partial charge in [0.05, 0.1) is 22.7 Å². The van der Waals surface area contributed by atoms with Gasteiger partial charge in [0, 0.05) is 6.04 Å². The lowest BCUT2D eigenvalue weighted by Gasteiger charge is -2.12. The van der Waals surface area contributed by atoms with Crippen molar-refractivity contribution in [1.82, 2.24) is 24.3 Å². The van der Waals surface area contributed by atoms with Crippen molar-refractivity contribution in [2.24, 2.45) is 0 Å². The van der Waals surface area contributed by atoms with Crippen molar-refractivity contribution in [3.8, 4) is 6.07 Å². The molecule has 0 saturated carbocycles. The molecule has 24 heavy (non-hydrogen) atoms. The van der Waals surface area contributed by atoms with E-state index in [4.69, 9.17) is 5.26 Å². The molecule has 0 aliphatic carbocycles. The van der Waals surface area contributed by atoms with Crippen molar-refractivity contribution in [1.29, 1.82) is 5.26 Å². The Hall–Kier alpha value is -2.66. The summed E-state index contributed by atoms with van der Waals surface area (Å²) in [6, 6.07) is 9.44. The molecular formula is C16H16N6OS. The van der Waals surface area contributed by atoms with Crippen LogP contribution in [0.25, 0.3) is 10.9 Å². The Balaban J connectivity index is 1.99. The second-order valence-corrected chi connectivity index (χ2v) is 6.44. The van der Waals surface area contributed by atoms with E-state index in [-0.39, 0.29) is 18.1 Å². The van der Waals surface area contributed by atoms with Gasteiger partial charge in [0.15, 0.2) is 5.16 Å². The van der Waals surface area contributed by atoms with Gasteiger partial charge in [0.25, 0.3) is 5.56 Å². The normalized spacial score (nSPS) is 11.1. The predicted octanol–water partition coefficient (Wildman–Crippen LogP) is 2.38. The summed E-state index contributed by atoms with van der Waals surface area (Å²) in [4.78, 5) is 17.2. The van der Waals surface area contributed by atoms with Gasteiger partial charge < -0.3 is 4.57 Å². The lowest BCUT2D eigenvalue weighted by atomic mass is 10.2. The zero-order valence-corrected chi connectivity index (χ0v) is 14.2. The number of nitrogens with zero attached hydrogens (tertiary/aromatic N) is 6. The summed E-state index contributed by atoms with van der Waals surface area (Å²) in [5, 5.41) is 18.4. The molecule has 0 N–H and O–H groups in total. The summed E-state index contributed by atoms with van der Waals surface area (Å²) >= 11 is 1.45. The van der Waals surface area contributed by atoms with Crippen molar-refractivity contribution < 1.29 is 0 Å². The summed E-state index contributed by atoms with van der Waals surface area (Å²) < 4.78 is 3.38. The summed E-state index contributed by atoms with van der Waals surface area (Å²) in [6.07, 6.45) is 1.68. The molecule has 122 valence electrons. The number of fused-ring (bicyclic) bond motifs is 1. The highest BCUT2D eigenvalue weighted by Crippen LogP contribution is 2.22. The van der Waals surface area contributed by atoms with Gasteiger partial charge in [-0.15, -0.1) is 10.2 Å². The Morgan fingerprint density at radius 2 is 2.12 bits per heavy atom. The Morgan fingerprint density at radius 3 is 2.88 bits per heavy atom. The van der Waals surface area contributed by atoms with Crippen LogP contribution in [-0.4, -0.2) is 24.3 Å². The van der Waals surface area contributed by atoms with Crippen LogP contribution in [0.5, 0.6) is 0 Å². The van der Waals surface area contributed by atoms with Crippen molar-refractivity contribution in [2.45, 2.75) is 37.3 Å². The Kier molecular flexibility index (Phi) is 4.62. The Bertz CT molecular complexity index is 969. The molecule has 1 aromatic carbocycles. The molecule has 3 rings (SSSR count). The van der Waals surface area contributed by atoms with Crippen LogP contribution in [0.3, 0.4) is 0 Å². The minimum atomic E-state index is -0.192. The number of hydrogen-bond donors (Lipinski definition) is 0. The van der Waals surface area contributed by atoms with E-state index in [1.54, 1.807) is 24.5 Å². The van der Waals surface area contributed by atoms with E-state index in [0.717, 1.165) is 5.16 Å². The predicted molar refractivity (Wildman–Crippen MR) is 91.6 cm³/mol. The minimum absolute atomic E-state index is 0.0244. The lowest BCUT2D eigenvalue weighted by molar-refractivity contribution is 0.549. The molecule has 0 aliphatic heterocycles. The standard InChI is InChI=1S/C16H16N6OS/c1-11(2)22-10-18-20-16(22)24-9-14-19-13-6-4-3-5-12(13)15(23)21(14)8-7-17/h3-6,10-11H,8-9H2,1-2H3. The van der Waals surface area contributed by atoms with E-state index in [9.17, 15) is 4.79 Å². The fourth-order valence-electron chi connectivity index (χ4n) is 2.38. The first-order chi connectivity index (χ1) is 11.6. The number of aromatic nitrogens is 5. The zero-order chi connectivity index (χ0) is 17.1. The van der Waals surface area contributed by atoms with Crippen LogP contribution in [0, 0.1) is 11.3 Å². The highest BCUT2D eigenvalue weighted by Gasteiger charge is 2.13. The molecule has 8 heteroatoms. The van der Waals surface area contributed by atoms with Crippen molar-refractivity contribution in [2.75, 3.05) is 0 Å². The van der Waals surface area contributed by atoms with Crippen LogP contribution in [0.15, 0.2) is 40.5 Å². The van der Waals surface area contributed by atoms with Crippen LogP contribution in [-0.2, 0) is 12.3 Å². The van der Waals surface area contributed by atoms with Gasteiger partial charge in [-0.25, -0.2) is 4.98 Å². The van der Waals surface area contributed by atoms with Crippen molar-refractivity contribution >= 4 is 22.7 Å². The monoisotopic (exact) mass is 340 g/mol. The molecule has 0 amide bonds. The molecule has 3 aromatic rings. The highest BCUT2D eigenvalue weighted by molar-refractivity contribution is 7.98. The average molecular weight is 340 g/mol. The molecule has 0 aliphatic rings. The maximum atomic E-state index is 12.6. The number of benzene rings is 1. The summed E-state index contributed by atoms with van der Waals surface area (Å²) in [7, 11) is 0. The number of thioether (sulfide) groups is 1. The van der Waals surface area contributed by atoms with Crippen LogP contribution in [0.4, 0.5) is 0 Å². The molecule has 0 fully saturated rings. The summed E-state index contributed by atoms with van der Waals surface area (Å²) in [5.74, 6) is 0.997. The molecule has 0 saturated heterocycles. The number of para-hydroxylation sites is 1. The molecule has 0 bridgehead atoms. The second-order valence-electron chi connectivity index (χ2n) is 5.50. The third-order valence-corrected chi connectivity index (χ3v) is 4.55. The van der Waals surface area contributed by atoms with E-state index in [0.29, 0.717) is 22.5 Å². The first kappa shape index (κ1) is 16.2. The first-order valence-corrected chi connectivity index (χ1v) is 8.48. The van der Waals surface area contributed by atoms with Gasteiger partial charge in [0.2, 0.25) is 0 Å². The van der Waals surface area contributed by atoms with Crippen LogP contribution in [0.2, 0.25) is 0 Å². The highest BCUT2D eigenvalue weighted by atomic mass is 32.2. The second kappa shape index (κ2) is 6.84. The summed E-state index contributed by atoms with van der Waals surface area (Å²) in [6.45, 7) is 4.07. The minimum Gasteiger partial charge on any atom is -0.306 e. The molecule has 0 radical (unpaired) electrons. The van der Waals surface area contributed by atoms with E-state index < -0.39 is 0 Å². The topological polar surface area (TPSA) is 89.4 Å². The fourth-order valence-corrected chi connectivity index (χ4v) is 3.37. The SMILES string of the molecule is CC(C)n1cnnc1SCc1nc2ccccc2c(=O)n1CC#N. The van der Waals surface area contributed by atoms with E-state index >= 15 is 0 Å². The fraction of sp³-hybridized carbons (Fsp3) is 0.312.